The third-order valence-electron chi connectivity index (χ3n) is 3.76. The van der Waals surface area contributed by atoms with Crippen LogP contribution in [0.5, 0.6) is 5.75 Å². The van der Waals surface area contributed by atoms with Gasteiger partial charge in [0.05, 0.1) is 11.5 Å². The van der Waals surface area contributed by atoms with Crippen molar-refractivity contribution in [1.29, 1.82) is 0 Å². The van der Waals surface area contributed by atoms with Gasteiger partial charge in [0, 0.05) is 25.5 Å². The van der Waals surface area contributed by atoms with Gasteiger partial charge in [0.2, 0.25) is 10.0 Å². The van der Waals surface area contributed by atoms with E-state index >= 15 is 0 Å². The molecule has 0 unspecified atom stereocenters. The second kappa shape index (κ2) is 8.81. The van der Waals surface area contributed by atoms with E-state index in [1.165, 1.54) is 12.1 Å². The summed E-state index contributed by atoms with van der Waals surface area (Å²) in [4.78, 5) is -0.163. The number of rotatable bonds is 9. The smallest absolute Gasteiger partial charge is 0.240 e. The molecule has 0 fully saturated rings. The van der Waals surface area contributed by atoms with Crippen LogP contribution in [0, 0.1) is 5.82 Å². The van der Waals surface area contributed by atoms with Crippen molar-refractivity contribution >= 4 is 15.8 Å². The molecule has 0 spiro atoms. The number of nitrogens with one attached hydrogen (secondary N) is 2. The van der Waals surface area contributed by atoms with Crippen LogP contribution in [-0.4, -0.2) is 42.9 Å². The first-order chi connectivity index (χ1) is 13.5. The average molecular weight is 405 g/mol. The maximum absolute atomic E-state index is 13.9. The minimum absolute atomic E-state index is 0.0186. The van der Waals surface area contributed by atoms with Crippen LogP contribution < -0.4 is 14.8 Å². The summed E-state index contributed by atoms with van der Waals surface area (Å²) in [6, 6.07) is 10.8. The molecule has 10 heteroatoms. The van der Waals surface area contributed by atoms with Crippen LogP contribution in [0.2, 0.25) is 0 Å². The highest BCUT2D eigenvalue weighted by Gasteiger charge is 2.16. The molecule has 0 saturated carbocycles. The van der Waals surface area contributed by atoms with Gasteiger partial charge in [-0.1, -0.05) is 0 Å². The van der Waals surface area contributed by atoms with Gasteiger partial charge in [-0.25, -0.2) is 17.5 Å². The molecule has 2 N–H and O–H groups in total. The van der Waals surface area contributed by atoms with E-state index < -0.39 is 15.8 Å². The van der Waals surface area contributed by atoms with Gasteiger partial charge in [-0.15, -0.1) is 10.2 Å². The molecule has 0 amide bonds. The number of ether oxygens (including phenoxy) is 1. The van der Waals surface area contributed by atoms with Crippen molar-refractivity contribution in [2.45, 2.75) is 11.8 Å². The van der Waals surface area contributed by atoms with Gasteiger partial charge in [0.1, 0.15) is 5.82 Å². The zero-order chi connectivity index (χ0) is 20.0. The van der Waals surface area contributed by atoms with Crippen LogP contribution in [-0.2, 0) is 10.0 Å². The second-order valence-corrected chi connectivity index (χ2v) is 7.48. The van der Waals surface area contributed by atoms with Gasteiger partial charge in [0.25, 0.3) is 0 Å². The molecule has 3 rings (SSSR count). The third kappa shape index (κ3) is 4.84. The fourth-order valence-corrected chi connectivity index (χ4v) is 3.47. The van der Waals surface area contributed by atoms with Crippen LogP contribution in [0.15, 0.2) is 59.8 Å². The first-order valence-electron chi connectivity index (χ1n) is 8.62. The molecule has 0 aliphatic rings. The van der Waals surface area contributed by atoms with E-state index in [0.717, 1.165) is 6.07 Å². The summed E-state index contributed by atoms with van der Waals surface area (Å²) in [5, 5.41) is 11.1. The van der Waals surface area contributed by atoms with Crippen molar-refractivity contribution in [2.24, 2.45) is 0 Å². The topological polar surface area (TPSA) is 98.1 Å². The summed E-state index contributed by atoms with van der Waals surface area (Å²) in [6.07, 6.45) is 3.71. The van der Waals surface area contributed by atoms with Crippen molar-refractivity contribution in [3.63, 3.8) is 0 Å². The molecule has 0 atom stereocenters. The van der Waals surface area contributed by atoms with Crippen LogP contribution in [0.4, 0.5) is 10.2 Å². The largest absolute Gasteiger partial charge is 0.491 e. The molecule has 2 aromatic heterocycles. The van der Waals surface area contributed by atoms with Gasteiger partial charge in [-0.2, -0.15) is 0 Å². The third-order valence-corrected chi connectivity index (χ3v) is 5.21. The Kier molecular flexibility index (Phi) is 6.22. The van der Waals surface area contributed by atoms with E-state index in [2.05, 4.69) is 20.2 Å². The predicted molar refractivity (Wildman–Crippen MR) is 103 cm³/mol. The Bertz CT molecular complexity index is 1010. The first-order valence-corrected chi connectivity index (χ1v) is 10.1. The lowest BCUT2D eigenvalue weighted by atomic mass is 10.3. The maximum Gasteiger partial charge on any atom is 0.240 e. The Hall–Kier alpha value is -2.98. The summed E-state index contributed by atoms with van der Waals surface area (Å²) in [6.45, 7) is 2.40. The highest BCUT2D eigenvalue weighted by atomic mass is 32.2. The van der Waals surface area contributed by atoms with Crippen molar-refractivity contribution in [1.82, 2.24) is 19.5 Å². The summed E-state index contributed by atoms with van der Waals surface area (Å²) >= 11 is 0. The van der Waals surface area contributed by atoms with Crippen molar-refractivity contribution in [3.05, 3.63) is 60.7 Å². The minimum Gasteiger partial charge on any atom is -0.491 e. The number of hydrogen-bond acceptors (Lipinski definition) is 6. The van der Waals surface area contributed by atoms with Crippen molar-refractivity contribution in [2.75, 3.05) is 25.0 Å². The van der Waals surface area contributed by atoms with Gasteiger partial charge >= 0.3 is 0 Å². The lowest BCUT2D eigenvalue weighted by molar-refractivity contribution is 0.321. The van der Waals surface area contributed by atoms with Crippen LogP contribution in [0.3, 0.4) is 0 Å². The number of sulfonamides is 1. The summed E-state index contributed by atoms with van der Waals surface area (Å²) < 4.78 is 47.7. The van der Waals surface area contributed by atoms with E-state index in [1.54, 1.807) is 19.1 Å². The highest BCUT2D eigenvalue weighted by molar-refractivity contribution is 7.89. The van der Waals surface area contributed by atoms with Gasteiger partial charge in [-0.05, 0) is 49.4 Å². The molecule has 0 radical (unpaired) electrons. The number of benzene rings is 1. The SMILES string of the molecule is CCOc1ccc(S(=O)(=O)NCCNc2ccc(-n3cccc3)nn2)cc1F. The highest BCUT2D eigenvalue weighted by Crippen LogP contribution is 2.20. The first kappa shape index (κ1) is 19.8. The van der Waals surface area contributed by atoms with E-state index in [9.17, 15) is 12.8 Å². The van der Waals surface area contributed by atoms with E-state index in [1.807, 2.05) is 29.1 Å². The van der Waals surface area contributed by atoms with Gasteiger partial charge in [-0.3, -0.25) is 0 Å². The molecule has 148 valence electrons. The summed E-state index contributed by atoms with van der Waals surface area (Å²) in [7, 11) is -3.83. The maximum atomic E-state index is 13.9. The molecule has 8 nitrogen and oxygen atoms in total. The minimum atomic E-state index is -3.83. The molecule has 28 heavy (non-hydrogen) atoms. The molecule has 1 aromatic carbocycles. The molecule has 0 saturated heterocycles. The predicted octanol–water partition coefficient (Wildman–Crippen LogP) is 2.20. The molecule has 0 bridgehead atoms. The van der Waals surface area contributed by atoms with Crippen LogP contribution >= 0.6 is 0 Å². The molecular formula is C18H20FN5O3S. The fraction of sp³-hybridized carbons (Fsp3) is 0.222. The lowest BCUT2D eigenvalue weighted by Gasteiger charge is -2.10. The van der Waals surface area contributed by atoms with Crippen molar-refractivity contribution < 1.29 is 17.5 Å². The Morgan fingerprint density at radius 1 is 1.11 bits per heavy atom. The van der Waals surface area contributed by atoms with Gasteiger partial charge < -0.3 is 14.6 Å². The lowest BCUT2D eigenvalue weighted by Crippen LogP contribution is -2.29. The molecule has 0 aliphatic heterocycles. The second-order valence-electron chi connectivity index (χ2n) is 5.72. The number of anilines is 1. The Morgan fingerprint density at radius 3 is 2.54 bits per heavy atom. The number of aromatic nitrogens is 3. The van der Waals surface area contributed by atoms with E-state index in [4.69, 9.17) is 4.74 Å². The molecule has 3 aromatic rings. The van der Waals surface area contributed by atoms with E-state index in [-0.39, 0.29) is 23.7 Å². The zero-order valence-electron chi connectivity index (χ0n) is 15.2. The number of hydrogen-bond donors (Lipinski definition) is 2. The quantitative estimate of drug-likeness (QED) is 0.530. The number of nitrogens with zero attached hydrogens (tertiary/aromatic N) is 3. The number of halogens is 1. The molecule has 2 heterocycles. The van der Waals surface area contributed by atoms with Gasteiger partial charge in [0.15, 0.2) is 17.4 Å². The zero-order valence-corrected chi connectivity index (χ0v) is 16.0. The summed E-state index contributed by atoms with van der Waals surface area (Å²) in [5.74, 6) is 0.488. The normalized spacial score (nSPS) is 11.4. The Morgan fingerprint density at radius 2 is 1.89 bits per heavy atom. The van der Waals surface area contributed by atoms with Crippen molar-refractivity contribution in [3.8, 4) is 11.6 Å². The Labute approximate surface area is 162 Å². The monoisotopic (exact) mass is 405 g/mol. The van der Waals surface area contributed by atoms with E-state index in [0.29, 0.717) is 18.2 Å². The average Bonchev–Trinajstić information content (AvgIpc) is 3.22. The summed E-state index contributed by atoms with van der Waals surface area (Å²) in [5.41, 5.74) is 0. The van der Waals surface area contributed by atoms with Crippen LogP contribution in [0.1, 0.15) is 6.92 Å². The fourth-order valence-electron chi connectivity index (χ4n) is 2.43. The molecule has 0 aliphatic carbocycles. The standard InChI is InChI=1S/C18H20FN5O3S/c1-2-27-16-6-5-14(13-15(16)19)28(25,26)21-10-9-20-17-7-8-18(23-22-17)24-11-3-4-12-24/h3-8,11-13,21H,2,9-10H2,1H3,(H,20,22). The molecular weight excluding hydrogens is 385 g/mol. The van der Waals surface area contributed by atoms with Crippen LogP contribution in [0.25, 0.3) is 5.82 Å². The Balaban J connectivity index is 1.52.